The summed E-state index contributed by atoms with van der Waals surface area (Å²) >= 11 is 1.75. The number of carbonyl (C=O) groups is 1. The molecule has 0 saturated carbocycles. The van der Waals surface area contributed by atoms with Gasteiger partial charge in [-0.1, -0.05) is 12.1 Å². The zero-order valence-electron chi connectivity index (χ0n) is 13.3. The molecule has 5 nitrogen and oxygen atoms in total. The van der Waals surface area contributed by atoms with Gasteiger partial charge < -0.3 is 15.4 Å². The van der Waals surface area contributed by atoms with Crippen LogP contribution in [0.15, 0.2) is 53.7 Å². The Morgan fingerprint density at radius 3 is 2.74 bits per heavy atom. The van der Waals surface area contributed by atoms with Gasteiger partial charge in [0.2, 0.25) is 0 Å². The van der Waals surface area contributed by atoms with E-state index in [1.165, 1.54) is 4.90 Å². The van der Waals surface area contributed by atoms with Gasteiger partial charge in [0.15, 0.2) is 0 Å². The minimum Gasteiger partial charge on any atom is -0.384 e. The van der Waals surface area contributed by atoms with Crippen LogP contribution in [0.2, 0.25) is 0 Å². The number of ether oxygens (including phenoxy) is 1. The summed E-state index contributed by atoms with van der Waals surface area (Å²) in [5, 5.41) is 5.67. The first-order valence-corrected chi connectivity index (χ1v) is 8.37. The lowest BCUT2D eigenvalue weighted by molar-refractivity contribution is 0.218. The van der Waals surface area contributed by atoms with Crippen molar-refractivity contribution >= 4 is 23.5 Å². The lowest BCUT2D eigenvalue weighted by Crippen LogP contribution is -2.31. The van der Waals surface area contributed by atoms with Gasteiger partial charge in [-0.15, -0.1) is 11.8 Å². The van der Waals surface area contributed by atoms with Gasteiger partial charge in [0, 0.05) is 24.0 Å². The molecule has 0 bridgehead atoms. The van der Waals surface area contributed by atoms with Gasteiger partial charge in [-0.25, -0.2) is 4.79 Å². The molecule has 0 aliphatic carbocycles. The summed E-state index contributed by atoms with van der Waals surface area (Å²) in [5.74, 6) is 0.928. The molecule has 2 rings (SSSR count). The Labute approximate surface area is 140 Å². The van der Waals surface area contributed by atoms with Crippen LogP contribution >= 0.6 is 11.8 Å². The van der Waals surface area contributed by atoms with Crippen LogP contribution in [0.4, 0.5) is 10.5 Å². The molecule has 6 heteroatoms. The van der Waals surface area contributed by atoms with E-state index in [1.807, 2.05) is 19.1 Å². The van der Waals surface area contributed by atoms with E-state index in [0.29, 0.717) is 5.69 Å². The first-order valence-electron chi connectivity index (χ1n) is 7.38. The molecule has 2 aromatic rings. The topological polar surface area (TPSA) is 63.2 Å². The minimum absolute atomic E-state index is 0.0790. The Morgan fingerprint density at radius 1 is 1.30 bits per heavy atom. The Kier molecular flexibility index (Phi) is 6.90. The highest BCUT2D eigenvalue weighted by molar-refractivity contribution is 7.99. The van der Waals surface area contributed by atoms with E-state index < -0.39 is 0 Å². The Hall–Kier alpha value is -2.05. The third-order valence-electron chi connectivity index (χ3n) is 3.20. The quantitative estimate of drug-likeness (QED) is 0.600. The number of anilines is 1. The Morgan fingerprint density at radius 2 is 2.09 bits per heavy atom. The van der Waals surface area contributed by atoms with E-state index in [-0.39, 0.29) is 12.1 Å². The van der Waals surface area contributed by atoms with Gasteiger partial charge in [-0.3, -0.25) is 4.98 Å². The normalized spacial score (nSPS) is 11.7. The molecule has 1 aromatic heterocycles. The monoisotopic (exact) mass is 331 g/mol. The summed E-state index contributed by atoms with van der Waals surface area (Å²) in [6.45, 7) is 2.69. The van der Waals surface area contributed by atoms with E-state index in [1.54, 1.807) is 43.4 Å². The summed E-state index contributed by atoms with van der Waals surface area (Å²) < 4.78 is 5.04. The number of rotatable bonds is 7. The Bertz CT molecular complexity index is 605. The average molecular weight is 331 g/mol. The van der Waals surface area contributed by atoms with E-state index >= 15 is 0 Å². The first kappa shape index (κ1) is 17.3. The van der Waals surface area contributed by atoms with Gasteiger partial charge in [-0.05, 0) is 36.8 Å². The minimum atomic E-state index is -0.246. The second kappa shape index (κ2) is 9.17. The van der Waals surface area contributed by atoms with Crippen molar-refractivity contribution < 1.29 is 9.53 Å². The van der Waals surface area contributed by atoms with E-state index in [0.717, 1.165) is 17.9 Å². The number of pyridine rings is 1. The molecular formula is C17H21N3O2S. The predicted octanol–water partition coefficient (Wildman–Crippen LogP) is 3.70. The second-order valence-electron chi connectivity index (χ2n) is 4.97. The lowest BCUT2D eigenvalue weighted by Gasteiger charge is -2.15. The smallest absolute Gasteiger partial charge is 0.319 e. The van der Waals surface area contributed by atoms with Gasteiger partial charge in [0.25, 0.3) is 0 Å². The number of urea groups is 1. The Balaban J connectivity index is 1.85. The van der Waals surface area contributed by atoms with Gasteiger partial charge in [0.1, 0.15) is 0 Å². The molecule has 0 aliphatic heterocycles. The summed E-state index contributed by atoms with van der Waals surface area (Å²) in [4.78, 5) is 17.1. The molecule has 0 spiro atoms. The highest BCUT2D eigenvalue weighted by Gasteiger charge is 2.09. The summed E-state index contributed by atoms with van der Waals surface area (Å²) in [6, 6.07) is 11.4. The molecule has 122 valence electrons. The molecule has 0 fully saturated rings. The SMILES string of the molecule is COCCSc1ccc(C(C)NC(=O)Nc2cccnc2)cc1. The van der Waals surface area contributed by atoms with E-state index in [2.05, 4.69) is 27.8 Å². The van der Waals surface area contributed by atoms with Crippen LogP contribution in [0.5, 0.6) is 0 Å². The molecule has 0 radical (unpaired) electrons. The van der Waals surface area contributed by atoms with Crippen LogP contribution in [0.3, 0.4) is 0 Å². The van der Waals surface area contributed by atoms with Crippen LogP contribution in [0, 0.1) is 0 Å². The molecule has 23 heavy (non-hydrogen) atoms. The molecule has 2 N–H and O–H groups in total. The fraction of sp³-hybridized carbons (Fsp3) is 0.294. The zero-order chi connectivity index (χ0) is 16.5. The van der Waals surface area contributed by atoms with E-state index in [4.69, 9.17) is 4.74 Å². The third kappa shape index (κ3) is 5.92. The van der Waals surface area contributed by atoms with E-state index in [9.17, 15) is 4.79 Å². The molecule has 0 saturated heterocycles. The van der Waals surface area contributed by atoms with Crippen molar-refractivity contribution in [3.63, 3.8) is 0 Å². The van der Waals surface area contributed by atoms with Crippen molar-refractivity contribution in [1.29, 1.82) is 0 Å². The number of aromatic nitrogens is 1. The fourth-order valence-electron chi connectivity index (χ4n) is 1.98. The number of amides is 2. The van der Waals surface area contributed by atoms with Crippen molar-refractivity contribution in [2.75, 3.05) is 24.8 Å². The molecule has 2 amide bonds. The van der Waals surface area contributed by atoms with Crippen molar-refractivity contribution in [2.24, 2.45) is 0 Å². The average Bonchev–Trinajstić information content (AvgIpc) is 2.56. The van der Waals surface area contributed by atoms with Crippen LogP contribution in [-0.4, -0.2) is 30.5 Å². The second-order valence-corrected chi connectivity index (χ2v) is 6.14. The predicted molar refractivity (Wildman–Crippen MR) is 93.8 cm³/mol. The number of nitrogens with zero attached hydrogens (tertiary/aromatic N) is 1. The number of nitrogens with one attached hydrogen (secondary N) is 2. The summed E-state index contributed by atoms with van der Waals surface area (Å²) in [6.07, 6.45) is 3.27. The van der Waals surface area contributed by atoms with Crippen molar-refractivity contribution in [2.45, 2.75) is 17.9 Å². The van der Waals surface area contributed by atoms with Gasteiger partial charge in [0.05, 0.1) is 24.5 Å². The maximum absolute atomic E-state index is 12.0. The standard InChI is InChI=1S/C17H21N3O2S/c1-13(19-17(21)20-15-4-3-9-18-12-15)14-5-7-16(8-6-14)23-11-10-22-2/h3-9,12-13H,10-11H2,1-2H3,(H2,19,20,21). The largest absolute Gasteiger partial charge is 0.384 e. The maximum Gasteiger partial charge on any atom is 0.319 e. The van der Waals surface area contributed by atoms with Crippen molar-refractivity contribution in [1.82, 2.24) is 10.3 Å². The summed E-state index contributed by atoms with van der Waals surface area (Å²) in [5.41, 5.74) is 1.73. The third-order valence-corrected chi connectivity index (χ3v) is 4.18. The highest BCUT2D eigenvalue weighted by atomic mass is 32.2. The van der Waals surface area contributed by atoms with Crippen molar-refractivity contribution in [3.8, 4) is 0 Å². The summed E-state index contributed by atoms with van der Waals surface area (Å²) in [7, 11) is 1.70. The molecule has 1 heterocycles. The van der Waals surface area contributed by atoms with Gasteiger partial charge in [-0.2, -0.15) is 0 Å². The van der Waals surface area contributed by atoms with Crippen LogP contribution < -0.4 is 10.6 Å². The molecular weight excluding hydrogens is 310 g/mol. The van der Waals surface area contributed by atoms with Crippen LogP contribution in [0.1, 0.15) is 18.5 Å². The zero-order valence-corrected chi connectivity index (χ0v) is 14.1. The lowest BCUT2D eigenvalue weighted by atomic mass is 10.1. The maximum atomic E-state index is 12.0. The number of benzene rings is 1. The fourth-order valence-corrected chi connectivity index (χ4v) is 2.79. The number of hydrogen-bond donors (Lipinski definition) is 2. The molecule has 1 aromatic carbocycles. The van der Waals surface area contributed by atoms with Crippen molar-refractivity contribution in [3.05, 3.63) is 54.4 Å². The molecule has 0 aliphatic rings. The van der Waals surface area contributed by atoms with Crippen LogP contribution in [-0.2, 0) is 4.74 Å². The first-order chi connectivity index (χ1) is 11.2. The van der Waals surface area contributed by atoms with Crippen LogP contribution in [0.25, 0.3) is 0 Å². The number of methoxy groups -OCH3 is 1. The number of carbonyl (C=O) groups excluding carboxylic acids is 1. The number of thioether (sulfide) groups is 1. The molecule has 1 atom stereocenters. The molecule has 1 unspecified atom stereocenters. The van der Waals surface area contributed by atoms with Gasteiger partial charge >= 0.3 is 6.03 Å². The highest BCUT2D eigenvalue weighted by Crippen LogP contribution is 2.21. The number of hydrogen-bond acceptors (Lipinski definition) is 4.